The third-order valence-corrected chi connectivity index (χ3v) is 6.48. The van der Waals surface area contributed by atoms with E-state index in [-0.39, 0.29) is 34.4 Å². The highest BCUT2D eigenvalue weighted by atomic mass is 35.5. The van der Waals surface area contributed by atoms with Crippen molar-refractivity contribution in [3.05, 3.63) is 64.8 Å². The standard InChI is InChI=1S/C25H26ClF2N5O2/c1-14-11-32(13-34)12-15(2)33(14)21-7-5-4-6-17(21)20-10-30-24(29)25(31-20)35-16(3)22-18(27)8-9-19(28)23(22)26/h4-10,13-16H,11-12H2,1-3H3,(H2,29,30)/t14-,15+,16?. The maximum atomic E-state index is 14.4. The summed E-state index contributed by atoms with van der Waals surface area (Å²) in [6.45, 7) is 6.85. The van der Waals surface area contributed by atoms with Gasteiger partial charge in [0.2, 0.25) is 6.41 Å². The van der Waals surface area contributed by atoms with Crippen LogP contribution in [0.2, 0.25) is 5.02 Å². The number of aromatic nitrogens is 2. The molecule has 0 spiro atoms. The largest absolute Gasteiger partial charge is 0.467 e. The number of halogens is 3. The molecule has 4 rings (SSSR count). The summed E-state index contributed by atoms with van der Waals surface area (Å²) < 4.78 is 34.1. The van der Waals surface area contributed by atoms with Crippen molar-refractivity contribution in [2.24, 2.45) is 0 Å². The number of para-hydroxylation sites is 1. The van der Waals surface area contributed by atoms with Crippen LogP contribution in [0.1, 0.15) is 32.4 Å². The van der Waals surface area contributed by atoms with Gasteiger partial charge in [-0.3, -0.25) is 4.79 Å². The van der Waals surface area contributed by atoms with Crippen LogP contribution >= 0.6 is 11.6 Å². The highest BCUT2D eigenvalue weighted by Gasteiger charge is 2.31. The van der Waals surface area contributed by atoms with Crippen LogP contribution in [0.3, 0.4) is 0 Å². The molecular formula is C25H26ClF2N5O2. The van der Waals surface area contributed by atoms with Crippen LogP contribution in [0, 0.1) is 11.6 Å². The molecule has 0 aliphatic carbocycles. The number of carbonyl (C=O) groups is 1. The third-order valence-electron chi connectivity index (χ3n) is 6.10. The zero-order valence-electron chi connectivity index (χ0n) is 19.6. The van der Waals surface area contributed by atoms with Crippen LogP contribution in [0.15, 0.2) is 42.6 Å². The summed E-state index contributed by atoms with van der Waals surface area (Å²) in [6, 6.07) is 9.81. The minimum absolute atomic E-state index is 0.00680. The Kier molecular flexibility index (Phi) is 7.07. The molecule has 1 aliphatic heterocycles. The molecule has 0 saturated carbocycles. The first kappa shape index (κ1) is 24.7. The molecule has 0 bridgehead atoms. The van der Waals surface area contributed by atoms with E-state index in [0.717, 1.165) is 29.8 Å². The first-order valence-electron chi connectivity index (χ1n) is 11.2. The SMILES string of the molecule is CC(Oc1nc(-c2ccccc2N2[C@H](C)CN(C=O)C[C@@H]2C)cnc1N)c1c(F)ccc(F)c1Cl. The molecule has 1 amide bonds. The lowest BCUT2D eigenvalue weighted by Gasteiger charge is -2.45. The Labute approximate surface area is 207 Å². The Balaban J connectivity index is 1.69. The Morgan fingerprint density at radius 2 is 1.80 bits per heavy atom. The quantitative estimate of drug-likeness (QED) is 0.384. The van der Waals surface area contributed by atoms with Crippen molar-refractivity contribution >= 4 is 29.5 Å². The van der Waals surface area contributed by atoms with Gasteiger partial charge in [-0.1, -0.05) is 29.8 Å². The van der Waals surface area contributed by atoms with Gasteiger partial charge in [0.05, 0.1) is 16.9 Å². The van der Waals surface area contributed by atoms with Crippen molar-refractivity contribution in [1.29, 1.82) is 0 Å². The summed E-state index contributed by atoms with van der Waals surface area (Å²) in [7, 11) is 0. The van der Waals surface area contributed by atoms with Crippen LogP contribution in [0.5, 0.6) is 5.88 Å². The van der Waals surface area contributed by atoms with E-state index in [1.54, 1.807) is 11.1 Å². The first-order valence-corrected chi connectivity index (χ1v) is 11.6. The summed E-state index contributed by atoms with van der Waals surface area (Å²) in [5.74, 6) is -1.46. The van der Waals surface area contributed by atoms with E-state index in [9.17, 15) is 13.6 Å². The predicted molar refractivity (Wildman–Crippen MR) is 131 cm³/mol. The molecule has 1 fully saturated rings. The lowest BCUT2D eigenvalue weighted by atomic mass is 10.0. The van der Waals surface area contributed by atoms with Crippen LogP contribution in [-0.4, -0.2) is 46.5 Å². The van der Waals surface area contributed by atoms with Crippen molar-refractivity contribution < 1.29 is 18.3 Å². The van der Waals surface area contributed by atoms with Crippen LogP contribution in [0.4, 0.5) is 20.3 Å². The first-order chi connectivity index (χ1) is 16.7. The fourth-order valence-corrected chi connectivity index (χ4v) is 4.89. The molecule has 7 nitrogen and oxygen atoms in total. The Morgan fingerprint density at radius 3 is 2.49 bits per heavy atom. The van der Waals surface area contributed by atoms with Gasteiger partial charge in [-0.05, 0) is 39.0 Å². The lowest BCUT2D eigenvalue weighted by molar-refractivity contribution is -0.119. The average molecular weight is 502 g/mol. The molecule has 1 aromatic heterocycles. The third kappa shape index (κ3) is 4.86. The number of nitrogens with two attached hydrogens (primary N) is 1. The number of nitrogen functional groups attached to an aromatic ring is 1. The maximum absolute atomic E-state index is 14.4. The number of rotatable bonds is 6. The normalized spacial score (nSPS) is 18.9. The highest BCUT2D eigenvalue weighted by Crippen LogP contribution is 2.36. The number of hydrogen-bond acceptors (Lipinski definition) is 6. The molecule has 0 radical (unpaired) electrons. The number of hydrogen-bond donors (Lipinski definition) is 1. The smallest absolute Gasteiger partial charge is 0.258 e. The number of piperazine rings is 1. The van der Waals surface area contributed by atoms with Crippen LogP contribution < -0.4 is 15.4 Å². The fraction of sp³-hybridized carbons (Fsp3) is 0.320. The van der Waals surface area contributed by atoms with Crippen molar-refractivity contribution in [3.63, 3.8) is 0 Å². The molecule has 2 N–H and O–H groups in total. The van der Waals surface area contributed by atoms with Gasteiger partial charge in [0.1, 0.15) is 17.7 Å². The van der Waals surface area contributed by atoms with Gasteiger partial charge < -0.3 is 20.3 Å². The monoisotopic (exact) mass is 501 g/mol. The number of ether oxygens (including phenoxy) is 1. The van der Waals surface area contributed by atoms with Gasteiger partial charge >= 0.3 is 0 Å². The minimum Gasteiger partial charge on any atom is -0.467 e. The van der Waals surface area contributed by atoms with E-state index in [4.69, 9.17) is 22.1 Å². The topological polar surface area (TPSA) is 84.6 Å². The summed E-state index contributed by atoms with van der Waals surface area (Å²) in [5.41, 5.74) is 8.10. The fourth-order valence-electron chi connectivity index (χ4n) is 4.58. The maximum Gasteiger partial charge on any atom is 0.258 e. The minimum atomic E-state index is -0.975. The Morgan fingerprint density at radius 1 is 1.14 bits per heavy atom. The van der Waals surface area contributed by atoms with Crippen molar-refractivity contribution in [3.8, 4) is 17.1 Å². The van der Waals surface area contributed by atoms with E-state index in [1.807, 2.05) is 24.3 Å². The van der Waals surface area contributed by atoms with Crippen molar-refractivity contribution in [1.82, 2.24) is 14.9 Å². The number of anilines is 2. The molecule has 2 aromatic carbocycles. The number of carbonyl (C=O) groups excluding carboxylic acids is 1. The summed E-state index contributed by atoms with van der Waals surface area (Å²) in [6.07, 6.45) is 1.44. The Bertz CT molecular complexity index is 1230. The zero-order valence-corrected chi connectivity index (χ0v) is 20.3. The molecular weight excluding hydrogens is 476 g/mol. The molecule has 1 saturated heterocycles. The summed E-state index contributed by atoms with van der Waals surface area (Å²) >= 11 is 5.99. The Hall–Kier alpha value is -3.46. The molecule has 3 atom stereocenters. The molecule has 35 heavy (non-hydrogen) atoms. The lowest BCUT2D eigenvalue weighted by Crippen LogP contribution is -2.56. The van der Waals surface area contributed by atoms with E-state index >= 15 is 0 Å². The second kappa shape index (κ2) is 10.0. The van der Waals surface area contributed by atoms with Crippen molar-refractivity contribution in [2.75, 3.05) is 23.7 Å². The van der Waals surface area contributed by atoms with E-state index in [0.29, 0.717) is 18.8 Å². The number of benzene rings is 2. The van der Waals surface area contributed by atoms with E-state index in [2.05, 4.69) is 28.7 Å². The summed E-state index contributed by atoms with van der Waals surface area (Å²) in [4.78, 5) is 24.1. The number of amides is 1. The van der Waals surface area contributed by atoms with Gasteiger partial charge in [0.25, 0.3) is 5.88 Å². The van der Waals surface area contributed by atoms with Gasteiger partial charge in [0, 0.05) is 42.0 Å². The second-order valence-corrected chi connectivity index (χ2v) is 9.02. The summed E-state index contributed by atoms with van der Waals surface area (Å²) in [5, 5.41) is -0.358. The molecule has 2 heterocycles. The van der Waals surface area contributed by atoms with Crippen LogP contribution in [-0.2, 0) is 4.79 Å². The van der Waals surface area contributed by atoms with Gasteiger partial charge in [-0.15, -0.1) is 0 Å². The zero-order chi connectivity index (χ0) is 25.3. The molecule has 10 heteroatoms. The average Bonchev–Trinajstić information content (AvgIpc) is 2.83. The van der Waals surface area contributed by atoms with E-state index in [1.165, 1.54) is 6.92 Å². The highest BCUT2D eigenvalue weighted by molar-refractivity contribution is 6.31. The second-order valence-electron chi connectivity index (χ2n) is 8.64. The van der Waals surface area contributed by atoms with Gasteiger partial charge in [0.15, 0.2) is 5.82 Å². The van der Waals surface area contributed by atoms with Gasteiger partial charge in [-0.2, -0.15) is 0 Å². The van der Waals surface area contributed by atoms with Crippen LogP contribution in [0.25, 0.3) is 11.3 Å². The van der Waals surface area contributed by atoms with E-state index < -0.39 is 17.7 Å². The van der Waals surface area contributed by atoms with Gasteiger partial charge in [-0.25, -0.2) is 18.7 Å². The molecule has 184 valence electrons. The molecule has 3 aromatic rings. The number of nitrogens with zero attached hydrogens (tertiary/aromatic N) is 4. The predicted octanol–water partition coefficient (Wildman–Crippen LogP) is 4.85. The molecule has 1 aliphatic rings. The molecule has 1 unspecified atom stereocenters. The van der Waals surface area contributed by atoms with Crippen molar-refractivity contribution in [2.45, 2.75) is 39.0 Å².